The molecule has 1 saturated heterocycles. The number of hydrogen-bond donors (Lipinski definition) is 1. The highest BCUT2D eigenvalue weighted by molar-refractivity contribution is 5.44. The Morgan fingerprint density at radius 2 is 2.07 bits per heavy atom. The summed E-state index contributed by atoms with van der Waals surface area (Å²) >= 11 is 0. The monoisotopic (exact) mass is 203 g/mol. The van der Waals surface area contributed by atoms with Gasteiger partial charge in [0.1, 0.15) is 11.4 Å². The molecular formula is C13H17NO. The second kappa shape index (κ2) is 3.24. The van der Waals surface area contributed by atoms with Gasteiger partial charge in [-0.3, -0.25) is 0 Å². The van der Waals surface area contributed by atoms with E-state index in [0.717, 1.165) is 38.1 Å². The SMILES string of the molecule is Cc1cccc2c1CC1(CCNCC1)O2. The number of aryl methyl sites for hydroxylation is 1. The number of rotatable bonds is 0. The molecule has 2 aliphatic rings. The Hall–Kier alpha value is -1.02. The lowest BCUT2D eigenvalue weighted by Gasteiger charge is -2.33. The van der Waals surface area contributed by atoms with Crippen LogP contribution in [0.15, 0.2) is 18.2 Å². The molecule has 1 aromatic rings. The van der Waals surface area contributed by atoms with Crippen molar-refractivity contribution < 1.29 is 4.74 Å². The minimum absolute atomic E-state index is 0.111. The van der Waals surface area contributed by atoms with E-state index in [2.05, 4.69) is 30.4 Å². The minimum atomic E-state index is 0.111. The van der Waals surface area contributed by atoms with Gasteiger partial charge in [0, 0.05) is 12.0 Å². The maximum absolute atomic E-state index is 6.18. The Balaban J connectivity index is 1.94. The van der Waals surface area contributed by atoms with Gasteiger partial charge in [-0.15, -0.1) is 0 Å². The van der Waals surface area contributed by atoms with E-state index in [0.29, 0.717) is 0 Å². The molecule has 0 saturated carbocycles. The minimum Gasteiger partial charge on any atom is -0.487 e. The molecule has 1 fully saturated rings. The lowest BCUT2D eigenvalue weighted by molar-refractivity contribution is 0.0600. The van der Waals surface area contributed by atoms with Crippen LogP contribution in [-0.2, 0) is 6.42 Å². The van der Waals surface area contributed by atoms with Gasteiger partial charge < -0.3 is 10.1 Å². The van der Waals surface area contributed by atoms with Crippen LogP contribution in [0.25, 0.3) is 0 Å². The molecule has 2 aliphatic heterocycles. The van der Waals surface area contributed by atoms with Crippen LogP contribution < -0.4 is 10.1 Å². The van der Waals surface area contributed by atoms with E-state index in [-0.39, 0.29) is 5.60 Å². The average molecular weight is 203 g/mol. The summed E-state index contributed by atoms with van der Waals surface area (Å²) in [6.45, 7) is 4.36. The normalized spacial score (nSPS) is 22.5. The molecule has 0 radical (unpaired) electrons. The second-order valence-corrected chi connectivity index (χ2v) is 4.76. The quantitative estimate of drug-likeness (QED) is 0.697. The van der Waals surface area contributed by atoms with Crippen molar-refractivity contribution in [2.75, 3.05) is 13.1 Å². The Morgan fingerprint density at radius 1 is 1.27 bits per heavy atom. The first-order chi connectivity index (χ1) is 7.29. The molecular weight excluding hydrogens is 186 g/mol. The van der Waals surface area contributed by atoms with Crippen molar-refractivity contribution in [2.45, 2.75) is 31.8 Å². The Bertz CT molecular complexity index is 380. The highest BCUT2D eigenvalue weighted by Crippen LogP contribution is 2.41. The number of fused-ring (bicyclic) bond motifs is 1. The van der Waals surface area contributed by atoms with Crippen LogP contribution in [0.5, 0.6) is 5.75 Å². The van der Waals surface area contributed by atoms with Gasteiger partial charge in [0.2, 0.25) is 0 Å². The van der Waals surface area contributed by atoms with Gasteiger partial charge in [0.05, 0.1) is 0 Å². The highest BCUT2D eigenvalue weighted by Gasteiger charge is 2.40. The Labute approximate surface area is 90.6 Å². The van der Waals surface area contributed by atoms with Crippen LogP contribution in [-0.4, -0.2) is 18.7 Å². The van der Waals surface area contributed by atoms with Crippen LogP contribution in [0.4, 0.5) is 0 Å². The molecule has 1 N–H and O–H groups in total. The van der Waals surface area contributed by atoms with E-state index in [1.54, 1.807) is 0 Å². The summed E-state index contributed by atoms with van der Waals surface area (Å²) in [5, 5.41) is 3.40. The van der Waals surface area contributed by atoms with Gasteiger partial charge in [0.25, 0.3) is 0 Å². The van der Waals surface area contributed by atoms with E-state index >= 15 is 0 Å². The maximum atomic E-state index is 6.18. The first-order valence-electron chi connectivity index (χ1n) is 5.77. The van der Waals surface area contributed by atoms with Crippen LogP contribution >= 0.6 is 0 Å². The molecule has 0 bridgehead atoms. The summed E-state index contributed by atoms with van der Waals surface area (Å²) in [5.74, 6) is 1.12. The summed E-state index contributed by atoms with van der Waals surface area (Å²) in [5.41, 5.74) is 2.92. The molecule has 15 heavy (non-hydrogen) atoms. The zero-order valence-electron chi connectivity index (χ0n) is 9.18. The fraction of sp³-hybridized carbons (Fsp3) is 0.538. The highest BCUT2D eigenvalue weighted by atomic mass is 16.5. The van der Waals surface area contributed by atoms with E-state index in [9.17, 15) is 0 Å². The van der Waals surface area contributed by atoms with Crippen molar-refractivity contribution in [1.29, 1.82) is 0 Å². The van der Waals surface area contributed by atoms with Crippen LogP contribution in [0, 0.1) is 6.92 Å². The van der Waals surface area contributed by atoms with E-state index < -0.39 is 0 Å². The van der Waals surface area contributed by atoms with E-state index in [1.807, 2.05) is 0 Å². The van der Waals surface area contributed by atoms with Crippen molar-refractivity contribution >= 4 is 0 Å². The van der Waals surface area contributed by atoms with Gasteiger partial charge in [-0.25, -0.2) is 0 Å². The molecule has 0 aromatic heterocycles. The molecule has 0 unspecified atom stereocenters. The van der Waals surface area contributed by atoms with E-state index in [1.165, 1.54) is 11.1 Å². The molecule has 3 rings (SSSR count). The topological polar surface area (TPSA) is 21.3 Å². The molecule has 2 nitrogen and oxygen atoms in total. The summed E-state index contributed by atoms with van der Waals surface area (Å²) < 4.78 is 6.18. The van der Waals surface area contributed by atoms with Crippen LogP contribution in [0.3, 0.4) is 0 Å². The van der Waals surface area contributed by atoms with Gasteiger partial charge >= 0.3 is 0 Å². The lowest BCUT2D eigenvalue weighted by atomic mass is 9.87. The molecule has 2 heteroatoms. The third kappa shape index (κ3) is 1.44. The molecule has 2 heterocycles. The predicted octanol–water partition coefficient (Wildman–Crippen LogP) is 2.05. The number of benzene rings is 1. The molecule has 0 aliphatic carbocycles. The van der Waals surface area contributed by atoms with Crippen molar-refractivity contribution in [2.24, 2.45) is 0 Å². The maximum Gasteiger partial charge on any atom is 0.123 e. The zero-order valence-corrected chi connectivity index (χ0v) is 9.18. The van der Waals surface area contributed by atoms with Gasteiger partial charge in [-0.1, -0.05) is 12.1 Å². The first kappa shape index (κ1) is 9.22. The molecule has 1 aromatic carbocycles. The van der Waals surface area contributed by atoms with Crippen LogP contribution in [0.1, 0.15) is 24.0 Å². The number of ether oxygens (including phenoxy) is 1. The fourth-order valence-corrected chi connectivity index (χ4v) is 2.75. The van der Waals surface area contributed by atoms with Crippen molar-refractivity contribution in [3.63, 3.8) is 0 Å². The number of nitrogens with one attached hydrogen (secondary N) is 1. The largest absolute Gasteiger partial charge is 0.487 e. The third-order valence-corrected chi connectivity index (χ3v) is 3.71. The Kier molecular flexibility index (Phi) is 1.99. The summed E-state index contributed by atoms with van der Waals surface area (Å²) in [7, 11) is 0. The van der Waals surface area contributed by atoms with Crippen molar-refractivity contribution in [3.8, 4) is 5.75 Å². The average Bonchev–Trinajstić information content (AvgIpc) is 2.59. The van der Waals surface area contributed by atoms with Gasteiger partial charge in [-0.05, 0) is 44.5 Å². The predicted molar refractivity (Wildman–Crippen MR) is 60.3 cm³/mol. The zero-order chi connectivity index (χ0) is 10.3. The number of hydrogen-bond acceptors (Lipinski definition) is 2. The molecule has 1 spiro atoms. The number of piperidine rings is 1. The van der Waals surface area contributed by atoms with Gasteiger partial charge in [-0.2, -0.15) is 0 Å². The van der Waals surface area contributed by atoms with Crippen molar-refractivity contribution in [3.05, 3.63) is 29.3 Å². The summed E-state index contributed by atoms with van der Waals surface area (Å²) in [6, 6.07) is 6.38. The fourth-order valence-electron chi connectivity index (χ4n) is 2.75. The summed E-state index contributed by atoms with van der Waals surface area (Å²) in [6.07, 6.45) is 3.39. The third-order valence-electron chi connectivity index (χ3n) is 3.71. The molecule has 0 atom stereocenters. The Morgan fingerprint density at radius 3 is 2.80 bits per heavy atom. The first-order valence-corrected chi connectivity index (χ1v) is 5.77. The van der Waals surface area contributed by atoms with Crippen LogP contribution in [0.2, 0.25) is 0 Å². The van der Waals surface area contributed by atoms with E-state index in [4.69, 9.17) is 4.74 Å². The van der Waals surface area contributed by atoms with Gasteiger partial charge in [0.15, 0.2) is 0 Å². The summed E-state index contributed by atoms with van der Waals surface area (Å²) in [4.78, 5) is 0. The lowest BCUT2D eigenvalue weighted by Crippen LogP contribution is -2.45. The smallest absolute Gasteiger partial charge is 0.123 e. The molecule has 0 amide bonds. The molecule has 80 valence electrons. The second-order valence-electron chi connectivity index (χ2n) is 4.76. The standard InChI is InChI=1S/C13H17NO/c1-10-3-2-4-12-11(10)9-13(15-12)5-7-14-8-6-13/h2-4,14H,5-9H2,1H3. The van der Waals surface area contributed by atoms with Crippen molar-refractivity contribution in [1.82, 2.24) is 5.32 Å².